The molecule has 1 fully saturated rings. The summed E-state index contributed by atoms with van der Waals surface area (Å²) in [6.45, 7) is 0.243. The molecule has 114 valence electrons. The van der Waals surface area contributed by atoms with Gasteiger partial charge in [0, 0.05) is 32.1 Å². The summed E-state index contributed by atoms with van der Waals surface area (Å²) < 4.78 is 51.2. The Morgan fingerprint density at radius 1 is 1.35 bits per heavy atom. The molecular weight excluding hydrogens is 320 g/mol. The summed E-state index contributed by atoms with van der Waals surface area (Å²) in [6, 6.07) is 3.61. The Hall–Kier alpha value is -0.480. The first-order valence-electron chi connectivity index (χ1n) is 6.18. The molecule has 9 heteroatoms. The normalized spacial score (nSPS) is 24.6. The standard InChI is InChI=1S/C11H18N2O4S3/c1-12(2)20(16,17)13-6-5-11(10-4-3-8-18-10)19(14,15)9-7-13/h3-4,8,11H,5-7,9H2,1-2H3/t11-/m0/s1. The first-order chi connectivity index (χ1) is 9.25. The van der Waals surface area contributed by atoms with Crippen LogP contribution in [0.4, 0.5) is 0 Å². The van der Waals surface area contributed by atoms with Gasteiger partial charge in [-0.2, -0.15) is 17.0 Å². The number of hydrogen-bond acceptors (Lipinski definition) is 5. The Morgan fingerprint density at radius 2 is 2.05 bits per heavy atom. The van der Waals surface area contributed by atoms with E-state index in [1.54, 1.807) is 6.07 Å². The minimum absolute atomic E-state index is 0.0186. The van der Waals surface area contributed by atoms with Crippen LogP contribution in [-0.2, 0) is 20.0 Å². The predicted octanol–water partition coefficient (Wildman–Crippen LogP) is 0.716. The second kappa shape index (κ2) is 5.72. The zero-order chi connectivity index (χ0) is 15.0. The van der Waals surface area contributed by atoms with Crippen LogP contribution in [-0.4, -0.2) is 58.4 Å². The maximum Gasteiger partial charge on any atom is 0.281 e. The maximum absolute atomic E-state index is 12.3. The highest BCUT2D eigenvalue weighted by molar-refractivity contribution is 7.92. The Morgan fingerprint density at radius 3 is 2.60 bits per heavy atom. The third kappa shape index (κ3) is 3.06. The molecule has 1 aliphatic rings. The van der Waals surface area contributed by atoms with Crippen molar-refractivity contribution >= 4 is 31.4 Å². The summed E-state index contributed by atoms with van der Waals surface area (Å²) in [4.78, 5) is 0.786. The zero-order valence-corrected chi connectivity index (χ0v) is 13.8. The Labute approximate surface area is 124 Å². The lowest BCUT2D eigenvalue weighted by Crippen LogP contribution is -2.41. The lowest BCUT2D eigenvalue weighted by Gasteiger charge is -2.23. The van der Waals surface area contributed by atoms with E-state index in [-0.39, 0.29) is 18.8 Å². The van der Waals surface area contributed by atoms with Crippen molar-refractivity contribution in [2.75, 3.05) is 32.9 Å². The third-order valence-corrected chi connectivity index (χ3v) is 8.53. The van der Waals surface area contributed by atoms with Crippen molar-refractivity contribution in [1.29, 1.82) is 0 Å². The molecule has 1 aliphatic heterocycles. The van der Waals surface area contributed by atoms with Crippen LogP contribution >= 0.6 is 11.3 Å². The largest absolute Gasteiger partial charge is 0.281 e. The van der Waals surface area contributed by atoms with Crippen molar-refractivity contribution in [2.24, 2.45) is 0 Å². The Balaban J connectivity index is 2.27. The summed E-state index contributed by atoms with van der Waals surface area (Å²) in [5, 5.41) is 1.24. The molecule has 2 rings (SSSR count). The van der Waals surface area contributed by atoms with Gasteiger partial charge in [-0.3, -0.25) is 0 Å². The summed E-state index contributed by atoms with van der Waals surface area (Å²) in [7, 11) is -3.98. The average Bonchev–Trinajstić information content (AvgIpc) is 2.80. The smallest absolute Gasteiger partial charge is 0.228 e. The van der Waals surface area contributed by atoms with Crippen LogP contribution in [0.15, 0.2) is 17.5 Å². The fraction of sp³-hybridized carbons (Fsp3) is 0.636. The van der Waals surface area contributed by atoms with E-state index in [9.17, 15) is 16.8 Å². The molecule has 1 aromatic heterocycles. The molecule has 1 aromatic rings. The molecule has 0 aliphatic carbocycles. The van der Waals surface area contributed by atoms with Gasteiger partial charge in [0.05, 0.1) is 11.0 Å². The highest BCUT2D eigenvalue weighted by Crippen LogP contribution is 2.32. The van der Waals surface area contributed by atoms with Crippen LogP contribution in [0.3, 0.4) is 0 Å². The van der Waals surface area contributed by atoms with Crippen molar-refractivity contribution < 1.29 is 16.8 Å². The van der Waals surface area contributed by atoms with Gasteiger partial charge in [0.1, 0.15) is 0 Å². The van der Waals surface area contributed by atoms with Crippen LogP contribution in [0.1, 0.15) is 16.5 Å². The van der Waals surface area contributed by atoms with Crippen molar-refractivity contribution in [3.05, 3.63) is 22.4 Å². The van der Waals surface area contributed by atoms with Gasteiger partial charge in [-0.25, -0.2) is 8.42 Å². The lowest BCUT2D eigenvalue weighted by molar-refractivity contribution is 0.388. The molecule has 0 radical (unpaired) electrons. The van der Waals surface area contributed by atoms with Crippen molar-refractivity contribution in [3.63, 3.8) is 0 Å². The van der Waals surface area contributed by atoms with Crippen LogP contribution in [0.5, 0.6) is 0 Å². The van der Waals surface area contributed by atoms with E-state index in [1.165, 1.54) is 29.7 Å². The molecular formula is C11H18N2O4S3. The van der Waals surface area contributed by atoms with Crippen molar-refractivity contribution in [3.8, 4) is 0 Å². The van der Waals surface area contributed by atoms with E-state index >= 15 is 0 Å². The number of rotatable bonds is 3. The minimum Gasteiger partial charge on any atom is -0.228 e. The number of thiophene rings is 1. The fourth-order valence-corrected chi connectivity index (χ4v) is 6.42. The van der Waals surface area contributed by atoms with E-state index in [4.69, 9.17) is 0 Å². The van der Waals surface area contributed by atoms with Gasteiger partial charge < -0.3 is 0 Å². The Bertz CT molecular complexity index is 650. The number of sulfone groups is 1. The van der Waals surface area contributed by atoms with Gasteiger partial charge >= 0.3 is 0 Å². The molecule has 1 atom stereocenters. The highest BCUT2D eigenvalue weighted by atomic mass is 32.2. The molecule has 0 saturated carbocycles. The number of hydrogen-bond donors (Lipinski definition) is 0. The number of nitrogens with zero attached hydrogens (tertiary/aromatic N) is 2. The molecule has 0 bridgehead atoms. The van der Waals surface area contributed by atoms with E-state index in [0.29, 0.717) is 6.42 Å². The molecule has 2 heterocycles. The molecule has 20 heavy (non-hydrogen) atoms. The summed E-state index contributed by atoms with van der Waals surface area (Å²) in [5.74, 6) is -0.136. The van der Waals surface area contributed by atoms with Crippen molar-refractivity contribution in [1.82, 2.24) is 8.61 Å². The Kier molecular flexibility index (Phi) is 4.55. The van der Waals surface area contributed by atoms with E-state index in [0.717, 1.165) is 9.18 Å². The first kappa shape index (κ1) is 15.9. The van der Waals surface area contributed by atoms with Crippen LogP contribution in [0.25, 0.3) is 0 Å². The third-order valence-electron chi connectivity index (χ3n) is 3.35. The van der Waals surface area contributed by atoms with E-state index in [2.05, 4.69) is 0 Å². The molecule has 0 N–H and O–H groups in total. The first-order valence-corrected chi connectivity index (χ1v) is 10.2. The topological polar surface area (TPSA) is 74.8 Å². The van der Waals surface area contributed by atoms with Crippen LogP contribution < -0.4 is 0 Å². The monoisotopic (exact) mass is 338 g/mol. The van der Waals surface area contributed by atoms with E-state index < -0.39 is 25.3 Å². The van der Waals surface area contributed by atoms with Gasteiger partial charge in [-0.1, -0.05) is 6.07 Å². The summed E-state index contributed by atoms with van der Waals surface area (Å²) in [5.41, 5.74) is 0. The quantitative estimate of drug-likeness (QED) is 0.814. The van der Waals surface area contributed by atoms with Crippen molar-refractivity contribution in [2.45, 2.75) is 11.7 Å². The predicted molar refractivity (Wildman–Crippen MR) is 79.6 cm³/mol. The molecule has 0 unspecified atom stereocenters. The molecule has 0 aromatic carbocycles. The highest BCUT2D eigenvalue weighted by Gasteiger charge is 2.36. The minimum atomic E-state index is -3.56. The van der Waals surface area contributed by atoms with Gasteiger partial charge in [0.15, 0.2) is 9.84 Å². The lowest BCUT2D eigenvalue weighted by atomic mass is 10.2. The average molecular weight is 338 g/mol. The van der Waals surface area contributed by atoms with E-state index in [1.807, 2.05) is 11.4 Å². The summed E-state index contributed by atoms with van der Waals surface area (Å²) >= 11 is 1.40. The zero-order valence-electron chi connectivity index (χ0n) is 11.4. The van der Waals surface area contributed by atoms with Crippen LogP contribution in [0.2, 0.25) is 0 Å². The van der Waals surface area contributed by atoms with Crippen LogP contribution in [0, 0.1) is 0 Å². The maximum atomic E-state index is 12.3. The molecule has 0 amide bonds. The second-order valence-electron chi connectivity index (χ2n) is 4.85. The second-order valence-corrected chi connectivity index (χ2v) is 10.3. The van der Waals surface area contributed by atoms with Gasteiger partial charge in [-0.15, -0.1) is 11.3 Å². The molecule has 6 nitrogen and oxygen atoms in total. The SMILES string of the molecule is CN(C)S(=O)(=O)N1CC[C@@H](c2cccs2)S(=O)(=O)CC1. The molecule has 0 spiro atoms. The van der Waals surface area contributed by atoms with Gasteiger partial charge in [0.2, 0.25) is 0 Å². The van der Waals surface area contributed by atoms with Gasteiger partial charge in [0.25, 0.3) is 10.2 Å². The van der Waals surface area contributed by atoms with Gasteiger partial charge in [-0.05, 0) is 17.9 Å². The fourth-order valence-electron chi connectivity index (χ4n) is 2.18. The summed E-state index contributed by atoms with van der Waals surface area (Å²) in [6.07, 6.45) is 0.302. The molecule has 1 saturated heterocycles.